The molecule has 1 fully saturated rings. The number of carbonyl (C=O) groups excluding carboxylic acids is 1. The van der Waals surface area contributed by atoms with Crippen molar-refractivity contribution in [2.24, 2.45) is 5.41 Å². The molecule has 49 valence electrons. The van der Waals surface area contributed by atoms with Crippen LogP contribution in [0.3, 0.4) is 0 Å². The fraction of sp³-hybridized carbons (Fsp3) is 0.833. The third-order valence-electron chi connectivity index (χ3n) is 1.65. The Bertz CT molecular complexity index is 93.7. The predicted molar refractivity (Wildman–Crippen MR) is 29.2 cm³/mol. The van der Waals surface area contributed by atoms with Gasteiger partial charge in [0, 0.05) is 45.9 Å². The minimum Gasteiger partial charge on any atom is -0.541 e. The minimum atomic E-state index is -0.222. The van der Waals surface area contributed by atoms with E-state index in [-0.39, 0.29) is 38.1 Å². The topological polar surface area (TPSA) is 26.3 Å². The minimum absolute atomic E-state index is 0. The van der Waals surface area contributed by atoms with E-state index >= 15 is 0 Å². The van der Waals surface area contributed by atoms with Gasteiger partial charge in [-0.1, -0.05) is 18.8 Å². The average Bonchev–Trinajstić information content (AvgIpc) is 1.67. The molecule has 0 aromatic carbocycles. The summed E-state index contributed by atoms with van der Waals surface area (Å²) in [6.45, 7) is 3.13. The summed E-state index contributed by atoms with van der Waals surface area (Å²) < 4.78 is 4.86. The second-order valence-corrected chi connectivity index (χ2v) is 2.23. The Balaban J connectivity index is 0.000000640. The molecule has 0 amide bonds. The molecule has 0 bridgehead atoms. The van der Waals surface area contributed by atoms with Crippen molar-refractivity contribution >= 4 is 6.29 Å². The SMILES string of the molecule is CCC1([C-]=O)COC1.[Y]. The molecule has 0 unspecified atom stereocenters. The van der Waals surface area contributed by atoms with E-state index in [9.17, 15) is 4.79 Å². The van der Waals surface area contributed by atoms with E-state index in [1.54, 1.807) is 0 Å². The standard InChI is InChI=1S/C6H9O2.Y/c1-2-6(3-7)4-8-5-6;/h2,4-5H2,1H3;/q-1;. The first-order valence-corrected chi connectivity index (χ1v) is 2.80. The molecular weight excluding hydrogens is 193 g/mol. The van der Waals surface area contributed by atoms with E-state index in [4.69, 9.17) is 4.74 Å². The van der Waals surface area contributed by atoms with Gasteiger partial charge in [-0.3, -0.25) is 6.29 Å². The van der Waals surface area contributed by atoms with Gasteiger partial charge in [0.05, 0.1) is 0 Å². The molecule has 0 aliphatic carbocycles. The third-order valence-corrected chi connectivity index (χ3v) is 1.65. The Labute approximate surface area is 80.2 Å². The molecule has 0 saturated carbocycles. The summed E-state index contributed by atoms with van der Waals surface area (Å²) in [4.78, 5) is 10.1. The first kappa shape index (κ1) is 9.73. The van der Waals surface area contributed by atoms with Gasteiger partial charge >= 0.3 is 0 Å². The molecule has 3 heteroatoms. The summed E-state index contributed by atoms with van der Waals surface area (Å²) in [5, 5.41) is 0. The number of rotatable bonds is 2. The molecule has 0 N–H and O–H groups in total. The van der Waals surface area contributed by atoms with E-state index in [2.05, 4.69) is 0 Å². The van der Waals surface area contributed by atoms with E-state index in [1.165, 1.54) is 0 Å². The Hall–Kier alpha value is 0.734. The normalized spacial score (nSPS) is 21.4. The molecule has 1 heterocycles. The summed E-state index contributed by atoms with van der Waals surface area (Å²) in [6.07, 6.45) is 2.85. The van der Waals surface area contributed by atoms with Crippen molar-refractivity contribution in [1.29, 1.82) is 0 Å². The first-order valence-electron chi connectivity index (χ1n) is 2.80. The van der Waals surface area contributed by atoms with Crippen LogP contribution in [0.25, 0.3) is 0 Å². The maximum atomic E-state index is 10.1. The van der Waals surface area contributed by atoms with Crippen LogP contribution in [0.5, 0.6) is 0 Å². The predicted octanol–water partition coefficient (Wildman–Crippen LogP) is 0.520. The van der Waals surface area contributed by atoms with E-state index < -0.39 is 0 Å². The maximum absolute atomic E-state index is 10.1. The summed E-state index contributed by atoms with van der Waals surface area (Å²) in [5.41, 5.74) is -0.222. The van der Waals surface area contributed by atoms with Crippen LogP contribution in [0, 0.1) is 5.41 Å². The zero-order chi connectivity index (χ0) is 6.04. The molecule has 1 radical (unpaired) electrons. The number of ether oxygens (including phenoxy) is 1. The van der Waals surface area contributed by atoms with Crippen LogP contribution in [-0.4, -0.2) is 19.5 Å². The van der Waals surface area contributed by atoms with Gasteiger partial charge in [0.2, 0.25) is 0 Å². The molecule has 0 spiro atoms. The fourth-order valence-electron chi connectivity index (χ4n) is 0.684. The summed E-state index contributed by atoms with van der Waals surface area (Å²) >= 11 is 0. The van der Waals surface area contributed by atoms with Crippen LogP contribution in [0.15, 0.2) is 0 Å². The molecule has 0 aromatic rings. The Morgan fingerprint density at radius 2 is 2.22 bits per heavy atom. The molecular formula is C6H9O2Y-. The van der Waals surface area contributed by atoms with Crippen LogP contribution in [-0.2, 0) is 42.2 Å². The molecule has 2 nitrogen and oxygen atoms in total. The van der Waals surface area contributed by atoms with Crippen LogP contribution in [0.1, 0.15) is 13.3 Å². The molecule has 1 aliphatic heterocycles. The third kappa shape index (κ3) is 1.82. The van der Waals surface area contributed by atoms with Gasteiger partial charge < -0.3 is 9.53 Å². The summed E-state index contributed by atoms with van der Waals surface area (Å²) in [7, 11) is 0. The van der Waals surface area contributed by atoms with Crippen LogP contribution < -0.4 is 0 Å². The van der Waals surface area contributed by atoms with Crippen LogP contribution >= 0.6 is 0 Å². The number of hydrogen-bond donors (Lipinski definition) is 0. The Morgan fingerprint density at radius 3 is 2.22 bits per heavy atom. The largest absolute Gasteiger partial charge is 0.541 e. The van der Waals surface area contributed by atoms with E-state index in [0.717, 1.165) is 6.42 Å². The zero-order valence-electron chi connectivity index (χ0n) is 5.52. The van der Waals surface area contributed by atoms with Crippen molar-refractivity contribution in [3.8, 4) is 0 Å². The molecule has 1 saturated heterocycles. The molecule has 9 heavy (non-hydrogen) atoms. The van der Waals surface area contributed by atoms with Crippen molar-refractivity contribution in [1.82, 2.24) is 0 Å². The van der Waals surface area contributed by atoms with Gasteiger partial charge in [-0.25, -0.2) is 0 Å². The summed E-state index contributed by atoms with van der Waals surface area (Å²) in [5.74, 6) is 0. The van der Waals surface area contributed by atoms with Gasteiger partial charge in [0.1, 0.15) is 0 Å². The molecule has 0 aromatic heterocycles. The number of hydrogen-bond acceptors (Lipinski definition) is 2. The Morgan fingerprint density at radius 1 is 1.67 bits per heavy atom. The molecule has 1 aliphatic rings. The van der Waals surface area contributed by atoms with Gasteiger partial charge in [-0.2, -0.15) is 0 Å². The second kappa shape index (κ2) is 3.79. The molecule has 1 rings (SSSR count). The van der Waals surface area contributed by atoms with Crippen molar-refractivity contribution < 1.29 is 42.2 Å². The van der Waals surface area contributed by atoms with Crippen LogP contribution in [0.4, 0.5) is 0 Å². The van der Waals surface area contributed by atoms with Gasteiger partial charge in [0.15, 0.2) is 0 Å². The second-order valence-electron chi connectivity index (χ2n) is 2.23. The first-order chi connectivity index (χ1) is 3.83. The monoisotopic (exact) mass is 202 g/mol. The quantitative estimate of drug-likeness (QED) is 0.610. The summed E-state index contributed by atoms with van der Waals surface area (Å²) in [6, 6.07) is 0. The maximum Gasteiger partial charge on any atom is 0.0302 e. The van der Waals surface area contributed by atoms with E-state index in [1.807, 2.05) is 13.2 Å². The van der Waals surface area contributed by atoms with Crippen molar-refractivity contribution in [2.75, 3.05) is 13.2 Å². The van der Waals surface area contributed by atoms with E-state index in [0.29, 0.717) is 13.2 Å². The smallest absolute Gasteiger partial charge is 0.0302 e. The average molecular weight is 202 g/mol. The van der Waals surface area contributed by atoms with Gasteiger partial charge in [-0.05, 0) is 0 Å². The van der Waals surface area contributed by atoms with Crippen molar-refractivity contribution in [3.05, 3.63) is 0 Å². The fourth-order valence-corrected chi connectivity index (χ4v) is 0.684. The Kier molecular flexibility index (Phi) is 4.10. The van der Waals surface area contributed by atoms with Crippen molar-refractivity contribution in [2.45, 2.75) is 13.3 Å². The zero-order valence-corrected chi connectivity index (χ0v) is 8.35. The van der Waals surface area contributed by atoms with Gasteiger partial charge in [-0.15, -0.1) is 0 Å². The molecule has 0 atom stereocenters. The van der Waals surface area contributed by atoms with Gasteiger partial charge in [0.25, 0.3) is 0 Å². The van der Waals surface area contributed by atoms with Crippen molar-refractivity contribution in [3.63, 3.8) is 0 Å². The van der Waals surface area contributed by atoms with Crippen LogP contribution in [0.2, 0.25) is 0 Å².